The van der Waals surface area contributed by atoms with E-state index in [0.717, 1.165) is 5.56 Å². The summed E-state index contributed by atoms with van der Waals surface area (Å²) in [4.78, 5) is 22.5. The van der Waals surface area contributed by atoms with E-state index in [0.29, 0.717) is 46.7 Å². The van der Waals surface area contributed by atoms with Crippen molar-refractivity contribution in [2.24, 2.45) is 5.73 Å². The number of benzene rings is 1. The fourth-order valence-corrected chi connectivity index (χ4v) is 3.59. The minimum atomic E-state index is -0.611. The van der Waals surface area contributed by atoms with Crippen LogP contribution in [0.25, 0.3) is 10.9 Å². The maximum absolute atomic E-state index is 14.8. The first kappa shape index (κ1) is 30.7. The number of hydrogen-bond acceptors (Lipinski definition) is 7. The lowest BCUT2D eigenvalue weighted by molar-refractivity contribution is -0.125. The Balaban J connectivity index is 0.00000316. The van der Waals surface area contributed by atoms with Crippen LogP contribution in [0.1, 0.15) is 46.6 Å². The number of hydrogen-bond donors (Lipinski definition) is 2. The molecule has 1 amide bonds. The van der Waals surface area contributed by atoms with Gasteiger partial charge in [0.05, 0.1) is 25.3 Å². The van der Waals surface area contributed by atoms with E-state index in [2.05, 4.69) is 28.4 Å². The number of aromatic nitrogens is 2. The molecule has 1 unspecified atom stereocenters. The van der Waals surface area contributed by atoms with Gasteiger partial charge in [-0.05, 0) is 52.8 Å². The highest BCUT2D eigenvalue weighted by Crippen LogP contribution is 2.31. The lowest BCUT2D eigenvalue weighted by Gasteiger charge is -2.27. The van der Waals surface area contributed by atoms with E-state index in [9.17, 15) is 9.18 Å². The Morgan fingerprint density at radius 2 is 1.97 bits per heavy atom. The van der Waals surface area contributed by atoms with E-state index in [1.165, 1.54) is 6.33 Å². The molecule has 3 N–H and O–H groups in total. The van der Waals surface area contributed by atoms with E-state index in [4.69, 9.17) is 15.2 Å². The first-order valence-corrected chi connectivity index (χ1v) is 11.8. The molecule has 1 atom stereocenters. The maximum atomic E-state index is 14.8. The van der Waals surface area contributed by atoms with E-state index in [1.807, 2.05) is 38.7 Å². The van der Waals surface area contributed by atoms with Crippen LogP contribution in [0.3, 0.4) is 0 Å². The van der Waals surface area contributed by atoms with Crippen LogP contribution in [0.15, 0.2) is 54.8 Å². The maximum Gasteiger partial charge on any atom is 0.237 e. The molecule has 0 spiro atoms. The van der Waals surface area contributed by atoms with Gasteiger partial charge in [0.15, 0.2) is 0 Å². The number of likely N-dealkylation sites (N-methyl/N-ethyl adjacent to an activating group) is 1. The number of nitrogens with one attached hydrogen (secondary N) is 1. The van der Waals surface area contributed by atoms with Crippen molar-refractivity contribution < 1.29 is 18.7 Å². The number of nitrogens with zero attached hydrogens (tertiary/aromatic N) is 3. The summed E-state index contributed by atoms with van der Waals surface area (Å²) in [5.74, 6) is 0.309. The van der Waals surface area contributed by atoms with Crippen molar-refractivity contribution in [2.45, 2.75) is 59.7 Å². The van der Waals surface area contributed by atoms with Crippen molar-refractivity contribution in [2.75, 3.05) is 26.1 Å². The molecule has 0 aliphatic heterocycles. The molecule has 0 saturated carbocycles. The Bertz CT molecular complexity index is 1080. The molecule has 2 aromatic rings. The molecular weight excluding hydrogens is 461 g/mol. The van der Waals surface area contributed by atoms with Gasteiger partial charge in [-0.1, -0.05) is 13.0 Å². The van der Waals surface area contributed by atoms with Gasteiger partial charge in [-0.3, -0.25) is 9.69 Å². The highest BCUT2D eigenvalue weighted by atomic mass is 19.1. The number of halogens is 1. The summed E-state index contributed by atoms with van der Waals surface area (Å²) in [6.45, 7) is 15.7. The molecule has 2 rings (SSSR count). The normalized spacial score (nSPS) is 13.2. The topological polar surface area (TPSA) is 103 Å². The van der Waals surface area contributed by atoms with Crippen LogP contribution < -0.4 is 15.8 Å². The zero-order chi connectivity index (χ0) is 27.4. The predicted octanol–water partition coefficient (Wildman–Crippen LogP) is 5.12. The minimum absolute atomic E-state index is 0.0243. The number of nitrogens with two attached hydrogens (primary N) is 1. The highest BCUT2D eigenvalue weighted by molar-refractivity contribution is 5.91. The number of amides is 1. The van der Waals surface area contributed by atoms with Crippen molar-refractivity contribution in [3.63, 3.8) is 0 Å². The summed E-state index contributed by atoms with van der Waals surface area (Å²) >= 11 is 0. The number of anilines is 1. The van der Waals surface area contributed by atoms with E-state index < -0.39 is 11.9 Å². The van der Waals surface area contributed by atoms with Crippen molar-refractivity contribution >= 4 is 22.6 Å². The number of carbonyl (C=O) groups is 1. The molecule has 0 radical (unpaired) electrons. The van der Waals surface area contributed by atoms with Crippen molar-refractivity contribution in [3.8, 4) is 5.75 Å². The Hall–Kier alpha value is -3.30. The van der Waals surface area contributed by atoms with E-state index in [-0.39, 0.29) is 18.5 Å². The third kappa shape index (κ3) is 8.13. The van der Waals surface area contributed by atoms with Gasteiger partial charge in [-0.25, -0.2) is 14.4 Å². The van der Waals surface area contributed by atoms with Gasteiger partial charge in [0.25, 0.3) is 0 Å². The molecule has 0 aliphatic rings. The molecule has 198 valence electrons. The standard InChI is InChI=1S/C25H36FN5O3.C2H4/c1-8-17(9-2)23(26)16(5)30-25-19-10-18(22(33-7)11-20(19)28-14-29-25)12-31(6)21(24(27)32)13-34-15(3)4;1-2/h8,10-11,14-15,21H,9,12-13H2,1-7H3,(H2,27,32)(H,28,29,30);1-2H2/b17-8-,23-16-;. The highest BCUT2D eigenvalue weighted by Gasteiger charge is 2.23. The summed E-state index contributed by atoms with van der Waals surface area (Å²) < 4.78 is 26.0. The lowest BCUT2D eigenvalue weighted by atomic mass is 10.1. The smallest absolute Gasteiger partial charge is 0.237 e. The van der Waals surface area contributed by atoms with Crippen molar-refractivity contribution in [1.82, 2.24) is 14.9 Å². The molecule has 8 nitrogen and oxygen atoms in total. The van der Waals surface area contributed by atoms with Gasteiger partial charge < -0.3 is 20.5 Å². The summed E-state index contributed by atoms with van der Waals surface area (Å²) in [6, 6.07) is 3.07. The largest absolute Gasteiger partial charge is 0.496 e. The van der Waals surface area contributed by atoms with E-state index >= 15 is 0 Å². The summed E-state index contributed by atoms with van der Waals surface area (Å²) in [5, 5.41) is 3.79. The number of carbonyl (C=O) groups excluding carboxylic acids is 1. The first-order chi connectivity index (χ1) is 17.1. The van der Waals surface area contributed by atoms with Gasteiger partial charge in [0.1, 0.15) is 29.8 Å². The predicted molar refractivity (Wildman–Crippen MR) is 144 cm³/mol. The number of allylic oxidation sites excluding steroid dienone is 4. The third-order valence-electron chi connectivity index (χ3n) is 5.55. The Kier molecular flexibility index (Phi) is 12.8. The quantitative estimate of drug-likeness (QED) is 0.307. The molecule has 0 aliphatic carbocycles. The summed E-state index contributed by atoms with van der Waals surface area (Å²) in [6.07, 6.45) is 3.74. The second-order valence-electron chi connectivity index (χ2n) is 8.35. The third-order valence-corrected chi connectivity index (χ3v) is 5.55. The SMILES string of the molecule is C/C=C(CC)\C(F)=C(/C)Nc1ncnc2cc(OC)c(CN(C)C(COC(C)C)C(N)=O)cc12.C=C. The van der Waals surface area contributed by atoms with Gasteiger partial charge in [-0.2, -0.15) is 0 Å². The van der Waals surface area contributed by atoms with Crippen LogP contribution in [-0.2, 0) is 16.1 Å². The molecule has 0 saturated heterocycles. The van der Waals surface area contributed by atoms with Gasteiger partial charge in [0, 0.05) is 29.3 Å². The van der Waals surface area contributed by atoms with Crippen LogP contribution in [0.4, 0.5) is 10.2 Å². The lowest BCUT2D eigenvalue weighted by Crippen LogP contribution is -2.45. The first-order valence-electron chi connectivity index (χ1n) is 11.8. The van der Waals surface area contributed by atoms with Crippen molar-refractivity contribution in [3.05, 3.63) is 60.4 Å². The number of primary amides is 1. The fraction of sp³-hybridized carbons (Fsp3) is 0.444. The van der Waals surface area contributed by atoms with Crippen LogP contribution in [0.2, 0.25) is 0 Å². The Morgan fingerprint density at radius 3 is 2.50 bits per heavy atom. The monoisotopic (exact) mass is 501 g/mol. The molecular formula is C27H40FN5O3. The van der Waals surface area contributed by atoms with Crippen LogP contribution in [-0.4, -0.2) is 53.7 Å². The average Bonchev–Trinajstić information content (AvgIpc) is 2.85. The van der Waals surface area contributed by atoms with Gasteiger partial charge >= 0.3 is 0 Å². The number of rotatable bonds is 12. The van der Waals surface area contributed by atoms with Gasteiger partial charge in [-0.15, -0.1) is 13.2 Å². The Labute approximate surface area is 214 Å². The van der Waals surface area contributed by atoms with Crippen LogP contribution >= 0.6 is 0 Å². The zero-order valence-corrected chi connectivity index (χ0v) is 22.5. The fourth-order valence-electron chi connectivity index (χ4n) is 3.59. The molecule has 1 aromatic heterocycles. The molecule has 1 aromatic carbocycles. The average molecular weight is 502 g/mol. The molecule has 36 heavy (non-hydrogen) atoms. The number of methoxy groups -OCH3 is 1. The van der Waals surface area contributed by atoms with Crippen LogP contribution in [0, 0.1) is 0 Å². The zero-order valence-electron chi connectivity index (χ0n) is 22.5. The Morgan fingerprint density at radius 1 is 1.31 bits per heavy atom. The van der Waals surface area contributed by atoms with Gasteiger partial charge in [0.2, 0.25) is 5.91 Å². The molecule has 0 fully saturated rings. The molecule has 9 heteroatoms. The molecule has 0 bridgehead atoms. The summed E-state index contributed by atoms with van der Waals surface area (Å²) in [7, 11) is 3.37. The number of ether oxygens (including phenoxy) is 2. The second-order valence-corrected chi connectivity index (χ2v) is 8.35. The minimum Gasteiger partial charge on any atom is -0.496 e. The molecule has 1 heterocycles. The second kappa shape index (κ2) is 15.0. The van der Waals surface area contributed by atoms with Crippen LogP contribution in [0.5, 0.6) is 5.75 Å². The van der Waals surface area contributed by atoms with E-state index in [1.54, 1.807) is 33.2 Å². The van der Waals surface area contributed by atoms with Crippen molar-refractivity contribution in [1.29, 1.82) is 0 Å². The summed E-state index contributed by atoms with van der Waals surface area (Å²) in [5.41, 5.74) is 8.06. The number of fused-ring (bicyclic) bond motifs is 1.